The number of nitrogens with zero attached hydrogens (tertiary/aromatic N) is 4. The van der Waals surface area contributed by atoms with Crippen LogP contribution in [-0.2, 0) is 7.05 Å². The minimum Gasteiger partial charge on any atom is -0.254 e. The first kappa shape index (κ1) is 10.8. The van der Waals surface area contributed by atoms with Gasteiger partial charge in [-0.25, -0.2) is 0 Å². The van der Waals surface area contributed by atoms with E-state index in [0.29, 0.717) is 5.92 Å². The zero-order valence-electron chi connectivity index (χ0n) is 9.88. The van der Waals surface area contributed by atoms with E-state index in [0.717, 1.165) is 23.5 Å². The van der Waals surface area contributed by atoms with E-state index in [2.05, 4.69) is 29.1 Å². The lowest BCUT2D eigenvalue weighted by atomic mass is 10.0. The van der Waals surface area contributed by atoms with Gasteiger partial charge < -0.3 is 0 Å². The Morgan fingerprint density at radius 1 is 1.38 bits per heavy atom. The Kier molecular flexibility index (Phi) is 2.99. The number of pyridine rings is 1. The minimum atomic E-state index is 0.442. The fraction of sp³-hybridized carbons (Fsp3) is 0.417. The summed E-state index contributed by atoms with van der Waals surface area (Å²) in [7, 11) is 1.93. The van der Waals surface area contributed by atoms with E-state index in [9.17, 15) is 0 Å². The summed E-state index contributed by atoms with van der Waals surface area (Å²) in [6, 6.07) is 5.84. The summed E-state index contributed by atoms with van der Waals surface area (Å²) < 4.78 is 1.85. The third-order valence-electron chi connectivity index (χ3n) is 2.86. The van der Waals surface area contributed by atoms with Crippen LogP contribution in [0.15, 0.2) is 24.4 Å². The molecule has 0 radical (unpaired) electrons. The highest BCUT2D eigenvalue weighted by Crippen LogP contribution is 2.26. The van der Waals surface area contributed by atoms with E-state index in [1.165, 1.54) is 0 Å². The minimum absolute atomic E-state index is 0.442. The van der Waals surface area contributed by atoms with Crippen LogP contribution in [0.2, 0.25) is 0 Å². The van der Waals surface area contributed by atoms with Gasteiger partial charge in [-0.2, -0.15) is 0 Å². The van der Waals surface area contributed by atoms with Crippen molar-refractivity contribution in [1.29, 1.82) is 0 Å². The predicted molar refractivity (Wildman–Crippen MR) is 62.9 cm³/mol. The van der Waals surface area contributed by atoms with Crippen LogP contribution in [0.3, 0.4) is 0 Å². The van der Waals surface area contributed by atoms with Crippen molar-refractivity contribution < 1.29 is 0 Å². The molecule has 84 valence electrons. The molecule has 0 fully saturated rings. The molecule has 2 aromatic rings. The molecule has 0 bridgehead atoms. The maximum absolute atomic E-state index is 4.32. The molecule has 0 N–H and O–H groups in total. The lowest BCUT2D eigenvalue weighted by Gasteiger charge is -2.10. The Hall–Kier alpha value is -1.71. The van der Waals surface area contributed by atoms with Crippen LogP contribution in [0, 0.1) is 0 Å². The van der Waals surface area contributed by atoms with Crippen molar-refractivity contribution in [3.05, 3.63) is 30.1 Å². The molecular weight excluding hydrogens is 200 g/mol. The lowest BCUT2D eigenvalue weighted by molar-refractivity contribution is 0.614. The van der Waals surface area contributed by atoms with Gasteiger partial charge in [0.15, 0.2) is 0 Å². The first-order chi connectivity index (χ1) is 7.74. The molecule has 0 aliphatic heterocycles. The molecule has 4 nitrogen and oxygen atoms in total. The third-order valence-corrected chi connectivity index (χ3v) is 2.86. The van der Waals surface area contributed by atoms with Crippen LogP contribution >= 0.6 is 0 Å². The first-order valence-corrected chi connectivity index (χ1v) is 5.55. The highest BCUT2D eigenvalue weighted by molar-refractivity contribution is 5.57. The van der Waals surface area contributed by atoms with Gasteiger partial charge in [-0.3, -0.25) is 9.67 Å². The summed E-state index contributed by atoms with van der Waals surface area (Å²) in [6.07, 6.45) is 2.85. The second-order valence-corrected chi connectivity index (χ2v) is 3.97. The van der Waals surface area contributed by atoms with E-state index in [1.807, 2.05) is 29.9 Å². The monoisotopic (exact) mass is 216 g/mol. The summed E-state index contributed by atoms with van der Waals surface area (Å²) in [4.78, 5) is 4.32. The zero-order valence-corrected chi connectivity index (χ0v) is 9.88. The summed E-state index contributed by atoms with van der Waals surface area (Å²) in [5.74, 6) is 0.442. The smallest absolute Gasteiger partial charge is 0.134 e. The molecule has 1 atom stereocenters. The maximum Gasteiger partial charge on any atom is 0.134 e. The van der Waals surface area contributed by atoms with E-state index in [4.69, 9.17) is 0 Å². The molecule has 0 saturated heterocycles. The summed E-state index contributed by atoms with van der Waals surface area (Å²) in [5, 5.41) is 8.29. The van der Waals surface area contributed by atoms with Crippen LogP contribution in [0.4, 0.5) is 0 Å². The predicted octanol–water partition coefficient (Wildman–Crippen LogP) is 2.39. The second kappa shape index (κ2) is 4.43. The summed E-state index contributed by atoms with van der Waals surface area (Å²) in [6.45, 7) is 4.35. The maximum atomic E-state index is 4.32. The van der Waals surface area contributed by atoms with Crippen molar-refractivity contribution in [3.63, 3.8) is 0 Å². The van der Waals surface area contributed by atoms with Gasteiger partial charge in [-0.15, -0.1) is 5.10 Å². The number of aryl methyl sites for hydroxylation is 1. The van der Waals surface area contributed by atoms with Gasteiger partial charge in [0.1, 0.15) is 5.69 Å². The average molecular weight is 216 g/mol. The Labute approximate surface area is 95.3 Å². The quantitative estimate of drug-likeness (QED) is 0.791. The van der Waals surface area contributed by atoms with Gasteiger partial charge in [0, 0.05) is 19.2 Å². The van der Waals surface area contributed by atoms with Gasteiger partial charge in [0.2, 0.25) is 0 Å². The molecule has 2 heterocycles. The number of aromatic nitrogens is 4. The number of hydrogen-bond acceptors (Lipinski definition) is 3. The number of rotatable bonds is 3. The molecule has 0 spiro atoms. The van der Waals surface area contributed by atoms with Crippen molar-refractivity contribution in [2.24, 2.45) is 7.05 Å². The molecule has 0 saturated carbocycles. The summed E-state index contributed by atoms with van der Waals surface area (Å²) >= 11 is 0. The highest BCUT2D eigenvalue weighted by atomic mass is 15.4. The van der Waals surface area contributed by atoms with Crippen molar-refractivity contribution in [2.45, 2.75) is 26.2 Å². The van der Waals surface area contributed by atoms with Gasteiger partial charge in [0.05, 0.1) is 11.4 Å². The van der Waals surface area contributed by atoms with Crippen molar-refractivity contribution >= 4 is 0 Å². The molecule has 0 aliphatic carbocycles. The average Bonchev–Trinajstić information content (AvgIpc) is 2.71. The van der Waals surface area contributed by atoms with Gasteiger partial charge in [0.25, 0.3) is 0 Å². The zero-order chi connectivity index (χ0) is 11.5. The second-order valence-electron chi connectivity index (χ2n) is 3.97. The molecule has 0 aromatic carbocycles. The van der Waals surface area contributed by atoms with Crippen LogP contribution in [0.5, 0.6) is 0 Å². The third kappa shape index (κ3) is 1.83. The lowest BCUT2D eigenvalue weighted by Crippen LogP contribution is -2.03. The molecule has 2 rings (SSSR count). The highest BCUT2D eigenvalue weighted by Gasteiger charge is 2.17. The molecule has 4 heteroatoms. The molecule has 1 unspecified atom stereocenters. The molecule has 0 aliphatic rings. The van der Waals surface area contributed by atoms with Gasteiger partial charge in [-0.1, -0.05) is 25.1 Å². The van der Waals surface area contributed by atoms with Gasteiger partial charge >= 0.3 is 0 Å². The number of hydrogen-bond donors (Lipinski definition) is 0. The first-order valence-electron chi connectivity index (χ1n) is 5.55. The molecule has 16 heavy (non-hydrogen) atoms. The van der Waals surface area contributed by atoms with Crippen molar-refractivity contribution in [2.75, 3.05) is 0 Å². The van der Waals surface area contributed by atoms with Crippen molar-refractivity contribution in [1.82, 2.24) is 20.0 Å². The molecule has 2 aromatic heterocycles. The van der Waals surface area contributed by atoms with Crippen molar-refractivity contribution in [3.8, 4) is 11.4 Å². The normalized spacial score (nSPS) is 12.7. The van der Waals surface area contributed by atoms with Gasteiger partial charge in [-0.05, 0) is 18.6 Å². The Bertz CT molecular complexity index is 461. The van der Waals surface area contributed by atoms with E-state index in [-0.39, 0.29) is 0 Å². The fourth-order valence-electron chi connectivity index (χ4n) is 1.80. The largest absolute Gasteiger partial charge is 0.254 e. The SMILES string of the molecule is CCC(C)c1c(-c2ccccn2)nnn1C. The Morgan fingerprint density at radius 2 is 2.19 bits per heavy atom. The van der Waals surface area contributed by atoms with Crippen LogP contribution in [0.1, 0.15) is 31.9 Å². The van der Waals surface area contributed by atoms with Crippen LogP contribution in [-0.4, -0.2) is 20.0 Å². The van der Waals surface area contributed by atoms with Crippen LogP contribution in [0.25, 0.3) is 11.4 Å². The Balaban J connectivity index is 2.50. The van der Waals surface area contributed by atoms with E-state index in [1.54, 1.807) is 6.20 Å². The summed E-state index contributed by atoms with van der Waals surface area (Å²) in [5.41, 5.74) is 2.95. The molecular formula is C12H16N4. The van der Waals surface area contributed by atoms with Crippen LogP contribution < -0.4 is 0 Å². The molecule has 0 amide bonds. The van der Waals surface area contributed by atoms with E-state index >= 15 is 0 Å². The fourth-order valence-corrected chi connectivity index (χ4v) is 1.80. The Morgan fingerprint density at radius 3 is 2.81 bits per heavy atom. The topological polar surface area (TPSA) is 43.6 Å². The van der Waals surface area contributed by atoms with E-state index < -0.39 is 0 Å². The standard InChI is InChI=1S/C12H16N4/c1-4-9(2)12-11(14-15-16(12)3)10-7-5-6-8-13-10/h5-9H,4H2,1-3H3.